The van der Waals surface area contributed by atoms with Gasteiger partial charge in [0.05, 0.1) is 31.7 Å². The molecule has 0 bridgehead atoms. The number of nitrogens with one attached hydrogen (secondary N) is 1. The van der Waals surface area contributed by atoms with Crippen molar-refractivity contribution in [2.45, 2.75) is 20.8 Å². The van der Waals surface area contributed by atoms with E-state index in [1.54, 1.807) is 6.92 Å². The van der Waals surface area contributed by atoms with Crippen molar-refractivity contribution in [1.29, 1.82) is 0 Å². The number of ether oxygens (including phenoxy) is 2. The Balaban J connectivity index is 2.62. The molecule has 0 heterocycles. The molecule has 2 aromatic rings. The van der Waals surface area contributed by atoms with Crippen LogP contribution in [-0.2, 0) is 10.0 Å². The molecule has 0 radical (unpaired) electrons. The maximum atomic E-state index is 13.1. The number of aryl methyl sites for hydroxylation is 2. The lowest BCUT2D eigenvalue weighted by Gasteiger charge is -2.24. The average molecular weight is 407 g/mol. The maximum absolute atomic E-state index is 13.1. The van der Waals surface area contributed by atoms with Crippen molar-refractivity contribution in [3.63, 3.8) is 0 Å². The second-order valence-electron chi connectivity index (χ2n) is 6.42. The van der Waals surface area contributed by atoms with Gasteiger partial charge in [-0.2, -0.15) is 0 Å². The van der Waals surface area contributed by atoms with Crippen LogP contribution in [0, 0.1) is 13.8 Å². The van der Waals surface area contributed by atoms with Crippen molar-refractivity contribution >= 4 is 27.3 Å². The van der Waals surface area contributed by atoms with Crippen LogP contribution in [-0.4, -0.2) is 41.3 Å². The van der Waals surface area contributed by atoms with Gasteiger partial charge in [-0.1, -0.05) is 12.1 Å². The molecule has 8 heteroatoms. The summed E-state index contributed by atoms with van der Waals surface area (Å²) < 4.78 is 36.3. The minimum Gasteiger partial charge on any atom is -0.493 e. The zero-order chi connectivity index (χ0) is 21.1. The van der Waals surface area contributed by atoms with E-state index in [0.717, 1.165) is 21.7 Å². The number of carbonyl (C=O) groups is 1. The van der Waals surface area contributed by atoms with E-state index in [2.05, 4.69) is 5.32 Å². The molecule has 7 nitrogen and oxygen atoms in total. The van der Waals surface area contributed by atoms with Crippen LogP contribution in [0.15, 0.2) is 30.3 Å². The van der Waals surface area contributed by atoms with E-state index in [9.17, 15) is 13.2 Å². The molecule has 0 atom stereocenters. The Labute approximate surface area is 166 Å². The summed E-state index contributed by atoms with van der Waals surface area (Å²) in [4.78, 5) is 13.1. The van der Waals surface area contributed by atoms with Crippen molar-refractivity contribution in [3.05, 3.63) is 47.0 Å². The summed E-state index contributed by atoms with van der Waals surface area (Å²) in [7, 11) is -0.690. The zero-order valence-corrected chi connectivity index (χ0v) is 17.8. The second kappa shape index (κ2) is 8.52. The van der Waals surface area contributed by atoms with Gasteiger partial charge in [0.25, 0.3) is 5.91 Å². The summed E-state index contributed by atoms with van der Waals surface area (Å²) in [6.45, 7) is 5.68. The summed E-state index contributed by atoms with van der Waals surface area (Å²) in [6.07, 6.45) is 1.10. The monoisotopic (exact) mass is 406 g/mol. The number of amides is 1. The number of hydrogen-bond donors (Lipinski definition) is 1. The first kappa shape index (κ1) is 21.6. The normalized spacial score (nSPS) is 11.1. The highest BCUT2D eigenvalue weighted by Gasteiger charge is 2.25. The van der Waals surface area contributed by atoms with Crippen LogP contribution in [0.4, 0.5) is 11.4 Å². The molecule has 2 aromatic carbocycles. The summed E-state index contributed by atoms with van der Waals surface area (Å²) in [5, 5.41) is 2.87. The van der Waals surface area contributed by atoms with Gasteiger partial charge in [0.2, 0.25) is 10.0 Å². The van der Waals surface area contributed by atoms with E-state index in [1.165, 1.54) is 26.4 Å². The van der Waals surface area contributed by atoms with Gasteiger partial charge in [-0.15, -0.1) is 0 Å². The Kier molecular flexibility index (Phi) is 6.56. The molecule has 0 saturated heterocycles. The number of hydrogen-bond acceptors (Lipinski definition) is 5. The number of rotatable bonds is 7. The number of benzene rings is 2. The van der Waals surface area contributed by atoms with Crippen LogP contribution in [0.1, 0.15) is 28.4 Å². The topological polar surface area (TPSA) is 84.9 Å². The second-order valence-corrected chi connectivity index (χ2v) is 8.33. The minimum atomic E-state index is -3.60. The van der Waals surface area contributed by atoms with Gasteiger partial charge < -0.3 is 14.8 Å². The largest absolute Gasteiger partial charge is 0.493 e. The fraction of sp³-hybridized carbons (Fsp3) is 0.350. The van der Waals surface area contributed by atoms with Crippen molar-refractivity contribution < 1.29 is 22.7 Å². The molecular formula is C20H26N2O5S. The molecule has 1 N–H and O–H groups in total. The number of sulfonamides is 1. The smallest absolute Gasteiger partial charge is 0.257 e. The molecule has 152 valence electrons. The Morgan fingerprint density at radius 2 is 1.68 bits per heavy atom. The number of anilines is 2. The van der Waals surface area contributed by atoms with Gasteiger partial charge in [0.15, 0.2) is 11.5 Å². The average Bonchev–Trinajstić information content (AvgIpc) is 2.63. The molecular weight excluding hydrogens is 380 g/mol. The van der Waals surface area contributed by atoms with E-state index in [4.69, 9.17) is 9.47 Å². The Morgan fingerprint density at radius 3 is 2.21 bits per heavy atom. The van der Waals surface area contributed by atoms with E-state index >= 15 is 0 Å². The third-order valence-corrected chi connectivity index (χ3v) is 5.60. The molecule has 0 aliphatic heterocycles. The molecule has 0 aliphatic rings. The summed E-state index contributed by atoms with van der Waals surface area (Å²) >= 11 is 0. The minimum absolute atomic E-state index is 0.165. The molecule has 2 rings (SSSR count). The molecule has 0 spiro atoms. The third-order valence-electron chi connectivity index (χ3n) is 4.34. The lowest BCUT2D eigenvalue weighted by molar-refractivity contribution is 0.102. The predicted octanol–water partition coefficient (Wildman–Crippen LogP) is 3.36. The van der Waals surface area contributed by atoms with Crippen LogP contribution >= 0.6 is 0 Å². The van der Waals surface area contributed by atoms with Gasteiger partial charge in [-0.25, -0.2) is 8.42 Å². The zero-order valence-electron chi connectivity index (χ0n) is 17.0. The van der Waals surface area contributed by atoms with Crippen molar-refractivity contribution in [2.24, 2.45) is 0 Å². The first-order chi connectivity index (χ1) is 13.1. The van der Waals surface area contributed by atoms with E-state index in [1.807, 2.05) is 32.0 Å². The number of carbonyl (C=O) groups excluding carboxylic acids is 1. The van der Waals surface area contributed by atoms with Crippen LogP contribution < -0.4 is 19.1 Å². The number of methoxy groups -OCH3 is 2. The lowest BCUT2D eigenvalue weighted by Crippen LogP contribution is -2.31. The van der Waals surface area contributed by atoms with Crippen LogP contribution in [0.3, 0.4) is 0 Å². The quantitative estimate of drug-likeness (QED) is 0.762. The van der Waals surface area contributed by atoms with E-state index in [0.29, 0.717) is 17.2 Å². The van der Waals surface area contributed by atoms with Crippen LogP contribution in [0.2, 0.25) is 0 Å². The Hall–Kier alpha value is -2.74. The van der Waals surface area contributed by atoms with Crippen molar-refractivity contribution in [3.8, 4) is 11.5 Å². The Bertz CT molecular complexity index is 986. The first-order valence-corrected chi connectivity index (χ1v) is 10.6. The SMILES string of the molecule is CCN(c1cc(OC)c(OC)cc1C(=O)Nc1cc(C)ccc1C)S(C)(=O)=O. The summed E-state index contributed by atoms with van der Waals surface area (Å²) in [5.41, 5.74) is 2.96. The lowest BCUT2D eigenvalue weighted by atomic mass is 10.1. The van der Waals surface area contributed by atoms with Gasteiger partial charge in [0.1, 0.15) is 0 Å². The highest BCUT2D eigenvalue weighted by atomic mass is 32.2. The molecule has 0 fully saturated rings. The van der Waals surface area contributed by atoms with Gasteiger partial charge >= 0.3 is 0 Å². The molecule has 0 unspecified atom stereocenters. The number of nitrogens with zero attached hydrogens (tertiary/aromatic N) is 1. The van der Waals surface area contributed by atoms with Gasteiger partial charge in [-0.3, -0.25) is 9.10 Å². The standard InChI is InChI=1S/C20H26N2O5S/c1-7-22(28(6,24)25)17-12-19(27-5)18(26-4)11-15(17)20(23)21-16-10-13(2)8-9-14(16)3/h8-12H,7H2,1-6H3,(H,21,23). The van der Waals surface area contributed by atoms with E-state index in [-0.39, 0.29) is 17.8 Å². The summed E-state index contributed by atoms with van der Waals surface area (Å²) in [6, 6.07) is 8.72. The Morgan fingerprint density at radius 1 is 1.07 bits per heavy atom. The molecule has 28 heavy (non-hydrogen) atoms. The summed E-state index contributed by atoms with van der Waals surface area (Å²) in [5.74, 6) is 0.233. The maximum Gasteiger partial charge on any atom is 0.257 e. The predicted molar refractivity (Wildman–Crippen MR) is 111 cm³/mol. The fourth-order valence-electron chi connectivity index (χ4n) is 2.90. The highest BCUT2D eigenvalue weighted by molar-refractivity contribution is 7.92. The molecule has 0 saturated carbocycles. The third kappa shape index (κ3) is 4.56. The van der Waals surface area contributed by atoms with Gasteiger partial charge in [-0.05, 0) is 44.0 Å². The van der Waals surface area contributed by atoms with Crippen molar-refractivity contribution in [1.82, 2.24) is 0 Å². The highest BCUT2D eigenvalue weighted by Crippen LogP contribution is 2.36. The van der Waals surface area contributed by atoms with Crippen LogP contribution in [0.25, 0.3) is 0 Å². The molecule has 0 aliphatic carbocycles. The van der Waals surface area contributed by atoms with Crippen molar-refractivity contribution in [2.75, 3.05) is 36.6 Å². The molecule has 0 aromatic heterocycles. The molecule has 1 amide bonds. The van der Waals surface area contributed by atoms with Crippen LogP contribution in [0.5, 0.6) is 11.5 Å². The first-order valence-electron chi connectivity index (χ1n) is 8.74. The van der Waals surface area contributed by atoms with Gasteiger partial charge in [0, 0.05) is 18.3 Å². The fourth-order valence-corrected chi connectivity index (χ4v) is 3.88. The van der Waals surface area contributed by atoms with E-state index < -0.39 is 15.9 Å².